The molecule has 1 aromatic rings. The lowest BCUT2D eigenvalue weighted by Crippen LogP contribution is -2.51. The molecular formula is C15H21N5O2. The predicted molar refractivity (Wildman–Crippen MR) is 84.5 cm³/mol. The molecule has 7 nitrogen and oxygen atoms in total. The van der Waals surface area contributed by atoms with Crippen LogP contribution in [0, 0.1) is 5.92 Å². The zero-order valence-electron chi connectivity index (χ0n) is 12.5. The Labute approximate surface area is 128 Å². The highest BCUT2D eigenvalue weighted by Gasteiger charge is 2.27. The van der Waals surface area contributed by atoms with Crippen molar-refractivity contribution in [1.82, 2.24) is 14.9 Å². The second kappa shape index (κ2) is 6.21. The standard InChI is InChI=1S/C15H21N5O2/c16-15-17-12(10-13(21)18-15)19-6-8-20(9-7-19)14(22)11-4-2-1-3-5-11/h1-2,10-11H,3-9H2,(H3,16,17,18,21)/t11-/m1/s1. The lowest BCUT2D eigenvalue weighted by molar-refractivity contribution is -0.136. The second-order valence-corrected chi connectivity index (χ2v) is 5.78. The van der Waals surface area contributed by atoms with E-state index in [0.717, 1.165) is 19.3 Å². The number of allylic oxidation sites excluding steroid dienone is 2. The van der Waals surface area contributed by atoms with Gasteiger partial charge in [-0.15, -0.1) is 0 Å². The van der Waals surface area contributed by atoms with Crippen molar-refractivity contribution in [2.45, 2.75) is 19.3 Å². The van der Waals surface area contributed by atoms with Gasteiger partial charge in [-0.2, -0.15) is 4.98 Å². The van der Waals surface area contributed by atoms with E-state index in [1.54, 1.807) is 0 Å². The molecule has 1 aromatic heterocycles. The smallest absolute Gasteiger partial charge is 0.254 e. The van der Waals surface area contributed by atoms with Gasteiger partial charge in [0.25, 0.3) is 5.56 Å². The Bertz CT molecular complexity index is 631. The van der Waals surface area contributed by atoms with Crippen LogP contribution >= 0.6 is 0 Å². The fraction of sp³-hybridized carbons (Fsp3) is 0.533. The molecule has 7 heteroatoms. The number of aromatic nitrogens is 2. The monoisotopic (exact) mass is 303 g/mol. The van der Waals surface area contributed by atoms with Gasteiger partial charge in [0.05, 0.1) is 0 Å². The summed E-state index contributed by atoms with van der Waals surface area (Å²) in [5, 5.41) is 0. The lowest BCUT2D eigenvalue weighted by Gasteiger charge is -2.37. The van der Waals surface area contributed by atoms with Crippen molar-refractivity contribution in [3.05, 3.63) is 28.6 Å². The summed E-state index contributed by atoms with van der Waals surface area (Å²) >= 11 is 0. The van der Waals surface area contributed by atoms with E-state index in [1.807, 2.05) is 9.80 Å². The Morgan fingerprint density at radius 1 is 1.27 bits per heavy atom. The largest absolute Gasteiger partial charge is 0.369 e. The number of piperazine rings is 1. The Kier molecular flexibility index (Phi) is 4.13. The minimum Gasteiger partial charge on any atom is -0.369 e. The molecule has 1 aliphatic carbocycles. The van der Waals surface area contributed by atoms with Crippen LogP contribution < -0.4 is 16.2 Å². The van der Waals surface area contributed by atoms with Crippen LogP contribution in [0.5, 0.6) is 0 Å². The van der Waals surface area contributed by atoms with Crippen LogP contribution in [0.3, 0.4) is 0 Å². The first-order chi connectivity index (χ1) is 10.6. The zero-order chi connectivity index (χ0) is 15.5. The topological polar surface area (TPSA) is 95.3 Å². The summed E-state index contributed by atoms with van der Waals surface area (Å²) in [7, 11) is 0. The molecular weight excluding hydrogens is 282 g/mol. The van der Waals surface area contributed by atoms with Crippen molar-refractivity contribution in [2.24, 2.45) is 5.92 Å². The molecule has 0 radical (unpaired) electrons. The van der Waals surface area contributed by atoms with E-state index in [0.29, 0.717) is 32.0 Å². The molecule has 0 spiro atoms. The summed E-state index contributed by atoms with van der Waals surface area (Å²) in [6, 6.07) is 1.44. The van der Waals surface area contributed by atoms with Crippen LogP contribution in [0.15, 0.2) is 23.0 Å². The number of carbonyl (C=O) groups excluding carboxylic acids is 1. The van der Waals surface area contributed by atoms with Crippen molar-refractivity contribution in [2.75, 3.05) is 36.8 Å². The van der Waals surface area contributed by atoms with E-state index < -0.39 is 0 Å². The molecule has 0 unspecified atom stereocenters. The van der Waals surface area contributed by atoms with Gasteiger partial charge in [0.1, 0.15) is 5.82 Å². The Hall–Kier alpha value is -2.31. The van der Waals surface area contributed by atoms with Crippen LogP contribution in [-0.4, -0.2) is 47.0 Å². The third-order valence-electron chi connectivity index (χ3n) is 4.28. The number of rotatable bonds is 2. The van der Waals surface area contributed by atoms with Crippen molar-refractivity contribution in [3.63, 3.8) is 0 Å². The molecule has 0 aromatic carbocycles. The van der Waals surface area contributed by atoms with Gasteiger partial charge in [0, 0.05) is 38.2 Å². The molecule has 2 aliphatic rings. The van der Waals surface area contributed by atoms with Crippen LogP contribution in [-0.2, 0) is 4.79 Å². The molecule has 1 fully saturated rings. The summed E-state index contributed by atoms with van der Waals surface area (Å²) in [6.45, 7) is 2.66. The first-order valence-electron chi connectivity index (χ1n) is 7.69. The number of amides is 1. The molecule has 1 aliphatic heterocycles. The maximum absolute atomic E-state index is 12.5. The number of anilines is 2. The van der Waals surface area contributed by atoms with Gasteiger partial charge in [0.2, 0.25) is 11.9 Å². The average molecular weight is 303 g/mol. The van der Waals surface area contributed by atoms with Gasteiger partial charge >= 0.3 is 0 Å². The highest BCUT2D eigenvalue weighted by molar-refractivity contribution is 5.79. The average Bonchev–Trinajstić information content (AvgIpc) is 2.54. The van der Waals surface area contributed by atoms with Crippen molar-refractivity contribution in [1.29, 1.82) is 0 Å². The van der Waals surface area contributed by atoms with Crippen LogP contribution in [0.25, 0.3) is 0 Å². The number of aromatic amines is 1. The van der Waals surface area contributed by atoms with Crippen LogP contribution in [0.1, 0.15) is 19.3 Å². The third-order valence-corrected chi connectivity index (χ3v) is 4.28. The first-order valence-corrected chi connectivity index (χ1v) is 7.69. The van der Waals surface area contributed by atoms with Crippen LogP contribution in [0.4, 0.5) is 11.8 Å². The number of carbonyl (C=O) groups is 1. The molecule has 1 saturated heterocycles. The van der Waals surface area contributed by atoms with Gasteiger partial charge in [-0.1, -0.05) is 12.2 Å². The molecule has 0 saturated carbocycles. The van der Waals surface area contributed by atoms with Gasteiger partial charge in [-0.05, 0) is 19.3 Å². The van der Waals surface area contributed by atoms with Crippen molar-refractivity contribution >= 4 is 17.7 Å². The minimum absolute atomic E-state index is 0.120. The van der Waals surface area contributed by atoms with Gasteiger partial charge in [-0.25, -0.2) is 0 Å². The van der Waals surface area contributed by atoms with Crippen LogP contribution in [0.2, 0.25) is 0 Å². The maximum atomic E-state index is 12.5. The van der Waals surface area contributed by atoms with Crippen molar-refractivity contribution < 1.29 is 4.79 Å². The molecule has 0 bridgehead atoms. The number of H-pyrrole nitrogens is 1. The predicted octanol–water partition coefficient (Wildman–Crippen LogP) is 0.357. The number of nitrogens with one attached hydrogen (secondary N) is 1. The summed E-state index contributed by atoms with van der Waals surface area (Å²) < 4.78 is 0. The molecule has 1 atom stereocenters. The van der Waals surface area contributed by atoms with Gasteiger partial charge in [0.15, 0.2) is 0 Å². The highest BCUT2D eigenvalue weighted by atomic mass is 16.2. The quantitative estimate of drug-likeness (QED) is 0.769. The van der Waals surface area contributed by atoms with Gasteiger partial charge in [-0.3, -0.25) is 14.6 Å². The molecule has 2 heterocycles. The summed E-state index contributed by atoms with van der Waals surface area (Å²) in [4.78, 5) is 34.5. The molecule has 3 N–H and O–H groups in total. The number of nitrogen functional groups attached to an aromatic ring is 1. The molecule has 3 rings (SSSR count). The fourth-order valence-corrected chi connectivity index (χ4v) is 3.06. The maximum Gasteiger partial charge on any atom is 0.254 e. The van der Waals surface area contributed by atoms with E-state index in [4.69, 9.17) is 5.73 Å². The number of hydrogen-bond donors (Lipinski definition) is 2. The highest BCUT2D eigenvalue weighted by Crippen LogP contribution is 2.22. The van der Waals surface area contributed by atoms with E-state index in [1.165, 1.54) is 6.07 Å². The van der Waals surface area contributed by atoms with E-state index in [9.17, 15) is 9.59 Å². The Morgan fingerprint density at radius 2 is 2.05 bits per heavy atom. The van der Waals surface area contributed by atoms with E-state index in [-0.39, 0.29) is 23.3 Å². The minimum atomic E-state index is -0.255. The van der Waals surface area contributed by atoms with Gasteiger partial charge < -0.3 is 15.5 Å². The number of hydrogen-bond acceptors (Lipinski definition) is 5. The first kappa shape index (κ1) is 14.6. The van der Waals surface area contributed by atoms with E-state index >= 15 is 0 Å². The fourth-order valence-electron chi connectivity index (χ4n) is 3.06. The number of nitrogens with two attached hydrogens (primary N) is 1. The third kappa shape index (κ3) is 3.13. The summed E-state index contributed by atoms with van der Waals surface area (Å²) in [6.07, 6.45) is 7.04. The number of nitrogens with zero attached hydrogens (tertiary/aromatic N) is 3. The summed E-state index contributed by atoms with van der Waals surface area (Å²) in [5.74, 6) is 1.08. The molecule has 1 amide bonds. The molecule has 118 valence electrons. The van der Waals surface area contributed by atoms with Crippen molar-refractivity contribution in [3.8, 4) is 0 Å². The lowest BCUT2D eigenvalue weighted by atomic mass is 9.93. The second-order valence-electron chi connectivity index (χ2n) is 5.78. The van der Waals surface area contributed by atoms with E-state index in [2.05, 4.69) is 22.1 Å². The normalized spacial score (nSPS) is 21.9. The Balaban J connectivity index is 1.61. The summed E-state index contributed by atoms with van der Waals surface area (Å²) in [5.41, 5.74) is 5.32. The SMILES string of the molecule is Nc1nc(N2CCN(C(=O)[C@@H]3CC=CCC3)CC2)cc(=O)[nH]1. The molecule has 22 heavy (non-hydrogen) atoms. The Morgan fingerprint density at radius 3 is 2.68 bits per heavy atom. The zero-order valence-corrected chi connectivity index (χ0v) is 12.5.